The highest BCUT2D eigenvalue weighted by Crippen LogP contribution is 2.56. The zero-order valence-corrected chi connectivity index (χ0v) is 8.97. The normalized spacial score (nSPS) is 29.7. The van der Waals surface area contributed by atoms with E-state index in [2.05, 4.69) is 5.32 Å². The maximum atomic E-state index is 12.9. The Morgan fingerprint density at radius 3 is 2.81 bits per heavy atom. The van der Waals surface area contributed by atoms with Crippen LogP contribution < -0.4 is 10.1 Å². The van der Waals surface area contributed by atoms with Gasteiger partial charge in [0.1, 0.15) is 12.4 Å². The van der Waals surface area contributed by atoms with Crippen LogP contribution in [0.2, 0.25) is 0 Å². The van der Waals surface area contributed by atoms with Crippen molar-refractivity contribution in [1.82, 2.24) is 5.32 Å². The molecule has 16 heavy (non-hydrogen) atoms. The largest absolute Gasteiger partial charge is 0.491 e. The van der Waals surface area contributed by atoms with Crippen molar-refractivity contribution >= 4 is 0 Å². The van der Waals surface area contributed by atoms with E-state index in [0.717, 1.165) is 11.3 Å². The number of alkyl halides is 2. The quantitative estimate of drug-likeness (QED) is 0.834. The van der Waals surface area contributed by atoms with Gasteiger partial charge in [0.05, 0.1) is 12.0 Å². The summed E-state index contributed by atoms with van der Waals surface area (Å²) in [5.41, 5.74) is 1.76. The van der Waals surface area contributed by atoms with E-state index in [1.165, 1.54) is 0 Å². The lowest BCUT2D eigenvalue weighted by atomic mass is 10.0. The van der Waals surface area contributed by atoms with Crippen LogP contribution in [-0.2, 0) is 0 Å². The van der Waals surface area contributed by atoms with Crippen LogP contribution in [-0.4, -0.2) is 19.6 Å². The van der Waals surface area contributed by atoms with Crippen LogP contribution >= 0.6 is 0 Å². The van der Waals surface area contributed by atoms with Gasteiger partial charge in [-0.05, 0) is 18.7 Å². The van der Waals surface area contributed by atoms with Crippen molar-refractivity contribution in [3.05, 3.63) is 29.3 Å². The van der Waals surface area contributed by atoms with E-state index in [1.807, 2.05) is 13.1 Å². The number of benzene rings is 1. The molecule has 1 unspecified atom stereocenters. The molecule has 0 bridgehead atoms. The summed E-state index contributed by atoms with van der Waals surface area (Å²) in [6.45, 7) is 0.580. The van der Waals surface area contributed by atoms with Crippen LogP contribution in [0.25, 0.3) is 0 Å². The summed E-state index contributed by atoms with van der Waals surface area (Å²) in [6.07, 6.45) is -0.0265. The standard InChI is InChI=1S/C12H13F2NO/c1-15-10-6-16-11-4-7(2-3-8(10)11)9-5-12(9,13)14/h2-4,9-10,15H,5-6H2,1H3/t9?,10-/m1/s1. The van der Waals surface area contributed by atoms with Gasteiger partial charge >= 0.3 is 0 Å². The summed E-state index contributed by atoms with van der Waals surface area (Å²) < 4.78 is 31.3. The van der Waals surface area contributed by atoms with E-state index in [9.17, 15) is 8.78 Å². The Morgan fingerprint density at radius 1 is 1.44 bits per heavy atom. The predicted molar refractivity (Wildman–Crippen MR) is 56.0 cm³/mol. The second kappa shape index (κ2) is 3.17. The molecule has 0 radical (unpaired) electrons. The number of halogens is 2. The first-order valence-electron chi connectivity index (χ1n) is 5.43. The Balaban J connectivity index is 1.90. The molecular weight excluding hydrogens is 212 g/mol. The first-order chi connectivity index (χ1) is 7.62. The van der Waals surface area contributed by atoms with E-state index in [-0.39, 0.29) is 12.5 Å². The van der Waals surface area contributed by atoms with Gasteiger partial charge in [-0.1, -0.05) is 12.1 Å². The lowest BCUT2D eigenvalue weighted by molar-refractivity contribution is 0.112. The number of hydrogen-bond donors (Lipinski definition) is 1. The zero-order chi connectivity index (χ0) is 11.3. The van der Waals surface area contributed by atoms with E-state index in [1.54, 1.807) is 12.1 Å². The molecule has 2 nitrogen and oxygen atoms in total. The highest BCUT2D eigenvalue weighted by atomic mass is 19.3. The van der Waals surface area contributed by atoms with Gasteiger partial charge in [0.2, 0.25) is 0 Å². The first kappa shape index (κ1) is 10.0. The van der Waals surface area contributed by atoms with Gasteiger partial charge in [-0.25, -0.2) is 8.78 Å². The summed E-state index contributed by atoms with van der Waals surface area (Å²) in [7, 11) is 1.87. The molecule has 2 atom stereocenters. The Bertz CT molecular complexity index is 433. The molecule has 0 amide bonds. The Labute approximate surface area is 92.6 Å². The average molecular weight is 225 g/mol. The Kier molecular flexibility index (Phi) is 1.98. The average Bonchev–Trinajstić information content (AvgIpc) is 2.75. The molecule has 1 aliphatic heterocycles. The third-order valence-corrected chi connectivity index (χ3v) is 3.40. The second-order valence-electron chi connectivity index (χ2n) is 4.47. The fraction of sp³-hybridized carbons (Fsp3) is 0.500. The van der Waals surface area contributed by atoms with Crippen molar-refractivity contribution < 1.29 is 13.5 Å². The van der Waals surface area contributed by atoms with Gasteiger partial charge in [0.25, 0.3) is 5.92 Å². The van der Waals surface area contributed by atoms with Gasteiger partial charge in [0, 0.05) is 12.0 Å². The number of fused-ring (bicyclic) bond motifs is 1. The van der Waals surface area contributed by atoms with Gasteiger partial charge in [-0.3, -0.25) is 0 Å². The van der Waals surface area contributed by atoms with E-state index in [4.69, 9.17) is 4.74 Å². The molecule has 0 aromatic heterocycles. The van der Waals surface area contributed by atoms with Crippen molar-refractivity contribution in [3.8, 4) is 5.75 Å². The highest BCUT2D eigenvalue weighted by molar-refractivity contribution is 5.45. The smallest absolute Gasteiger partial charge is 0.255 e. The third-order valence-electron chi connectivity index (χ3n) is 3.40. The predicted octanol–water partition coefficient (Wildman–Crippen LogP) is 2.46. The van der Waals surface area contributed by atoms with Gasteiger partial charge in [-0.2, -0.15) is 0 Å². The fourth-order valence-corrected chi connectivity index (χ4v) is 2.26. The van der Waals surface area contributed by atoms with Crippen molar-refractivity contribution in [2.75, 3.05) is 13.7 Å². The maximum Gasteiger partial charge on any atom is 0.255 e. The number of likely N-dealkylation sites (N-methyl/N-ethyl adjacent to an activating group) is 1. The highest BCUT2D eigenvalue weighted by Gasteiger charge is 2.57. The fourth-order valence-electron chi connectivity index (χ4n) is 2.26. The van der Waals surface area contributed by atoms with E-state index < -0.39 is 11.8 Å². The minimum atomic E-state index is -2.50. The summed E-state index contributed by atoms with van der Waals surface area (Å²) in [4.78, 5) is 0. The van der Waals surface area contributed by atoms with Crippen LogP contribution in [0.1, 0.15) is 29.5 Å². The van der Waals surface area contributed by atoms with Crippen LogP contribution in [0.4, 0.5) is 8.78 Å². The summed E-state index contributed by atoms with van der Waals surface area (Å²) >= 11 is 0. The van der Waals surface area contributed by atoms with Gasteiger partial charge in [-0.15, -0.1) is 0 Å². The Morgan fingerprint density at radius 2 is 2.19 bits per heavy atom. The SMILES string of the molecule is CN[C@@H]1COc2cc(C3CC3(F)F)ccc21. The third kappa shape index (κ3) is 1.40. The molecule has 1 fully saturated rings. The number of ether oxygens (including phenoxy) is 1. The minimum Gasteiger partial charge on any atom is -0.491 e. The summed E-state index contributed by atoms with van der Waals surface area (Å²) in [5, 5.41) is 3.13. The van der Waals surface area contributed by atoms with Crippen molar-refractivity contribution in [2.45, 2.75) is 24.3 Å². The monoisotopic (exact) mass is 225 g/mol. The molecule has 1 aromatic carbocycles. The first-order valence-corrected chi connectivity index (χ1v) is 5.43. The maximum absolute atomic E-state index is 12.9. The number of nitrogens with one attached hydrogen (secondary N) is 1. The topological polar surface area (TPSA) is 21.3 Å². The molecule has 1 heterocycles. The second-order valence-corrected chi connectivity index (χ2v) is 4.47. The van der Waals surface area contributed by atoms with E-state index >= 15 is 0 Å². The zero-order valence-electron chi connectivity index (χ0n) is 8.97. The molecule has 3 rings (SSSR count). The lowest BCUT2D eigenvalue weighted by Gasteiger charge is -2.06. The van der Waals surface area contributed by atoms with Crippen molar-refractivity contribution in [3.63, 3.8) is 0 Å². The van der Waals surface area contributed by atoms with Crippen molar-refractivity contribution in [1.29, 1.82) is 0 Å². The molecule has 2 aliphatic rings. The van der Waals surface area contributed by atoms with Crippen LogP contribution in [0, 0.1) is 0 Å². The van der Waals surface area contributed by atoms with Crippen LogP contribution in [0.15, 0.2) is 18.2 Å². The lowest BCUT2D eigenvalue weighted by Crippen LogP contribution is -2.17. The molecule has 86 valence electrons. The van der Waals surface area contributed by atoms with Crippen LogP contribution in [0.5, 0.6) is 5.75 Å². The molecule has 0 spiro atoms. The van der Waals surface area contributed by atoms with Crippen LogP contribution in [0.3, 0.4) is 0 Å². The minimum absolute atomic E-state index is 0.0265. The molecule has 4 heteroatoms. The Hall–Kier alpha value is -1.16. The molecule has 1 aromatic rings. The number of rotatable bonds is 2. The molecule has 0 saturated heterocycles. The van der Waals surface area contributed by atoms with Gasteiger partial charge < -0.3 is 10.1 Å². The van der Waals surface area contributed by atoms with E-state index in [0.29, 0.717) is 12.2 Å². The summed E-state index contributed by atoms with van der Waals surface area (Å²) in [6, 6.07) is 5.64. The molecule has 1 aliphatic carbocycles. The van der Waals surface area contributed by atoms with Crippen molar-refractivity contribution in [2.24, 2.45) is 0 Å². The summed E-state index contributed by atoms with van der Waals surface area (Å²) in [5.74, 6) is -2.36. The molecule has 1 saturated carbocycles. The molecule has 1 N–H and O–H groups in total. The molecular formula is C12H13F2NO. The number of hydrogen-bond acceptors (Lipinski definition) is 2. The van der Waals surface area contributed by atoms with Gasteiger partial charge in [0.15, 0.2) is 0 Å².